The van der Waals surface area contributed by atoms with Gasteiger partial charge in [0.15, 0.2) is 0 Å². The van der Waals surface area contributed by atoms with E-state index >= 15 is 0 Å². The van der Waals surface area contributed by atoms with E-state index in [1.807, 2.05) is 6.07 Å². The number of benzene rings is 1. The lowest BCUT2D eigenvalue weighted by atomic mass is 9.88. The van der Waals surface area contributed by atoms with E-state index in [1.165, 1.54) is 0 Å². The molecule has 2 rings (SSSR count). The molecular formula is C16H18F2O2. The first-order valence-electron chi connectivity index (χ1n) is 6.94. The highest BCUT2D eigenvalue weighted by Gasteiger charge is 2.26. The van der Waals surface area contributed by atoms with E-state index in [0.717, 1.165) is 24.8 Å². The second-order valence-corrected chi connectivity index (χ2v) is 5.06. The van der Waals surface area contributed by atoms with Gasteiger partial charge in [0.1, 0.15) is 12.4 Å². The number of allylic oxidation sites excluding steroid dienone is 1. The van der Waals surface area contributed by atoms with E-state index in [1.54, 1.807) is 24.3 Å². The van der Waals surface area contributed by atoms with Crippen molar-refractivity contribution in [1.82, 2.24) is 0 Å². The lowest BCUT2D eigenvalue weighted by Crippen LogP contribution is -2.12. The Labute approximate surface area is 117 Å². The first-order chi connectivity index (χ1) is 9.68. The molecule has 0 spiro atoms. The largest absolute Gasteiger partial charge is 0.455 e. The predicted octanol–water partition coefficient (Wildman–Crippen LogP) is 4.46. The van der Waals surface area contributed by atoms with Crippen molar-refractivity contribution in [2.75, 3.05) is 0 Å². The molecule has 4 heteroatoms. The molecule has 108 valence electrons. The third kappa shape index (κ3) is 3.89. The van der Waals surface area contributed by atoms with Crippen LogP contribution in [0, 0.1) is 5.92 Å². The van der Waals surface area contributed by atoms with Gasteiger partial charge in [-0.15, -0.1) is 0 Å². The number of ether oxygens (including phenoxy) is 1. The molecule has 0 atom stereocenters. The highest BCUT2D eigenvalue weighted by atomic mass is 19.2. The first kappa shape index (κ1) is 14.7. The summed E-state index contributed by atoms with van der Waals surface area (Å²) in [6.45, 7) is -0.0506. The average molecular weight is 280 g/mol. The van der Waals surface area contributed by atoms with E-state index in [0.29, 0.717) is 12.8 Å². The number of carbonyl (C=O) groups excluding carboxylic acids is 1. The third-order valence-corrected chi connectivity index (χ3v) is 3.57. The van der Waals surface area contributed by atoms with Gasteiger partial charge in [-0.3, -0.25) is 0 Å². The van der Waals surface area contributed by atoms with E-state index in [-0.39, 0.29) is 6.61 Å². The second-order valence-electron chi connectivity index (χ2n) is 5.06. The molecule has 1 saturated carbocycles. The van der Waals surface area contributed by atoms with Crippen LogP contribution in [0.3, 0.4) is 0 Å². The van der Waals surface area contributed by atoms with Crippen LogP contribution in [-0.2, 0) is 16.1 Å². The minimum Gasteiger partial charge on any atom is -0.455 e. The van der Waals surface area contributed by atoms with Gasteiger partial charge in [-0.05, 0) is 18.4 Å². The standard InChI is InChI=1S/C16H18F2O2/c17-14(13-9-5-2-6-10-13)15(18)16(19)20-11-12-7-3-1-4-8-12/h1,3-4,7-8,13H,2,5-6,9-11H2/b15-14-. The quantitative estimate of drug-likeness (QED) is 0.601. The van der Waals surface area contributed by atoms with Crippen molar-refractivity contribution in [2.45, 2.75) is 38.7 Å². The van der Waals surface area contributed by atoms with Crippen LogP contribution in [0.15, 0.2) is 42.0 Å². The summed E-state index contributed by atoms with van der Waals surface area (Å²) < 4.78 is 32.4. The van der Waals surface area contributed by atoms with E-state index in [9.17, 15) is 13.6 Å². The molecule has 1 aromatic rings. The van der Waals surface area contributed by atoms with Crippen LogP contribution >= 0.6 is 0 Å². The summed E-state index contributed by atoms with van der Waals surface area (Å²) in [6.07, 6.45) is 4.01. The summed E-state index contributed by atoms with van der Waals surface area (Å²) in [5, 5.41) is 0. The van der Waals surface area contributed by atoms with Crippen molar-refractivity contribution in [3.05, 3.63) is 47.5 Å². The van der Waals surface area contributed by atoms with E-state index < -0.39 is 23.5 Å². The average Bonchev–Trinajstić information content (AvgIpc) is 2.53. The number of halogens is 2. The van der Waals surface area contributed by atoms with Gasteiger partial charge in [0.2, 0.25) is 5.83 Å². The third-order valence-electron chi connectivity index (χ3n) is 3.57. The van der Waals surface area contributed by atoms with Crippen LogP contribution in [0.5, 0.6) is 0 Å². The van der Waals surface area contributed by atoms with Gasteiger partial charge in [-0.25, -0.2) is 9.18 Å². The molecule has 0 aliphatic heterocycles. The van der Waals surface area contributed by atoms with Crippen LogP contribution in [0.25, 0.3) is 0 Å². The highest BCUT2D eigenvalue weighted by molar-refractivity contribution is 5.86. The molecule has 1 aliphatic rings. The van der Waals surface area contributed by atoms with Crippen molar-refractivity contribution in [3.63, 3.8) is 0 Å². The SMILES string of the molecule is O=C(OCc1ccccc1)/C(F)=C(/F)C1CCCCC1. The summed E-state index contributed by atoms with van der Waals surface area (Å²) in [4.78, 5) is 11.5. The molecule has 0 amide bonds. The molecule has 0 unspecified atom stereocenters. The maximum atomic E-state index is 13.9. The van der Waals surface area contributed by atoms with Crippen molar-refractivity contribution < 1.29 is 18.3 Å². The second kappa shape index (κ2) is 7.17. The fourth-order valence-corrected chi connectivity index (χ4v) is 2.42. The van der Waals surface area contributed by atoms with E-state index in [4.69, 9.17) is 4.74 Å². The summed E-state index contributed by atoms with van der Waals surface area (Å²) in [5.74, 6) is -3.99. The fourth-order valence-electron chi connectivity index (χ4n) is 2.42. The molecular weight excluding hydrogens is 262 g/mol. The Kier molecular flexibility index (Phi) is 5.27. The number of hydrogen-bond acceptors (Lipinski definition) is 2. The van der Waals surface area contributed by atoms with Crippen LogP contribution in [0.4, 0.5) is 8.78 Å². The van der Waals surface area contributed by atoms with Crippen molar-refractivity contribution in [2.24, 2.45) is 5.92 Å². The Morgan fingerprint density at radius 3 is 2.40 bits per heavy atom. The van der Waals surface area contributed by atoms with Gasteiger partial charge < -0.3 is 4.74 Å². The zero-order valence-corrected chi connectivity index (χ0v) is 11.3. The van der Waals surface area contributed by atoms with Gasteiger partial charge in [-0.1, -0.05) is 49.6 Å². The molecule has 2 nitrogen and oxygen atoms in total. The molecule has 0 heterocycles. The van der Waals surface area contributed by atoms with E-state index in [2.05, 4.69) is 0 Å². The van der Waals surface area contributed by atoms with Crippen LogP contribution < -0.4 is 0 Å². The van der Waals surface area contributed by atoms with Crippen molar-refractivity contribution in [3.8, 4) is 0 Å². The van der Waals surface area contributed by atoms with Crippen molar-refractivity contribution in [1.29, 1.82) is 0 Å². The van der Waals surface area contributed by atoms with Gasteiger partial charge >= 0.3 is 5.97 Å². The summed E-state index contributed by atoms with van der Waals surface area (Å²) >= 11 is 0. The molecule has 20 heavy (non-hydrogen) atoms. The fraction of sp³-hybridized carbons (Fsp3) is 0.438. The van der Waals surface area contributed by atoms with Gasteiger partial charge in [-0.2, -0.15) is 4.39 Å². The molecule has 0 bridgehead atoms. The Morgan fingerprint density at radius 2 is 1.75 bits per heavy atom. The Morgan fingerprint density at radius 1 is 1.10 bits per heavy atom. The molecule has 1 aromatic carbocycles. The number of carbonyl (C=O) groups is 1. The molecule has 1 fully saturated rings. The molecule has 0 radical (unpaired) electrons. The number of rotatable bonds is 4. The monoisotopic (exact) mass is 280 g/mol. The lowest BCUT2D eigenvalue weighted by Gasteiger charge is -2.19. The summed E-state index contributed by atoms with van der Waals surface area (Å²) in [7, 11) is 0. The maximum absolute atomic E-state index is 13.9. The molecule has 0 N–H and O–H groups in total. The number of esters is 1. The zero-order chi connectivity index (χ0) is 14.4. The first-order valence-corrected chi connectivity index (χ1v) is 6.94. The smallest absolute Gasteiger partial charge is 0.370 e. The highest BCUT2D eigenvalue weighted by Crippen LogP contribution is 2.32. The van der Waals surface area contributed by atoms with Gasteiger partial charge in [0.25, 0.3) is 0 Å². The zero-order valence-electron chi connectivity index (χ0n) is 11.3. The molecule has 0 aromatic heterocycles. The molecule has 0 saturated heterocycles. The van der Waals surface area contributed by atoms with Gasteiger partial charge in [0, 0.05) is 5.92 Å². The lowest BCUT2D eigenvalue weighted by molar-refractivity contribution is -0.142. The van der Waals surface area contributed by atoms with Crippen LogP contribution in [-0.4, -0.2) is 5.97 Å². The number of hydrogen-bond donors (Lipinski definition) is 0. The maximum Gasteiger partial charge on any atom is 0.370 e. The Balaban J connectivity index is 1.93. The van der Waals surface area contributed by atoms with Gasteiger partial charge in [0.05, 0.1) is 0 Å². The Bertz CT molecular complexity index is 477. The summed E-state index contributed by atoms with van der Waals surface area (Å²) in [6, 6.07) is 8.92. The predicted molar refractivity (Wildman–Crippen MR) is 72.1 cm³/mol. The van der Waals surface area contributed by atoms with Crippen LogP contribution in [0.2, 0.25) is 0 Å². The normalized spacial score (nSPS) is 17.5. The topological polar surface area (TPSA) is 26.3 Å². The molecule has 1 aliphatic carbocycles. The Hall–Kier alpha value is -1.71. The minimum atomic E-state index is -1.37. The summed E-state index contributed by atoms with van der Waals surface area (Å²) in [5.41, 5.74) is 0.742. The minimum absolute atomic E-state index is 0.0506. The van der Waals surface area contributed by atoms with Crippen molar-refractivity contribution >= 4 is 5.97 Å². The van der Waals surface area contributed by atoms with Crippen LogP contribution in [0.1, 0.15) is 37.7 Å².